The Kier molecular flexibility index (Phi) is 6.14. The molecule has 1 aliphatic heterocycles. The highest BCUT2D eigenvalue weighted by Crippen LogP contribution is 2.62. The monoisotopic (exact) mass is 480 g/mol. The normalized spacial score (nSPS) is 31.8. The zero-order chi connectivity index (χ0) is 24.9. The van der Waals surface area contributed by atoms with Gasteiger partial charge in [0.1, 0.15) is 5.57 Å². The fourth-order valence-electron chi connectivity index (χ4n) is 7.30. The Balaban J connectivity index is 1.41. The quantitative estimate of drug-likeness (QED) is 0.448. The summed E-state index contributed by atoms with van der Waals surface area (Å²) in [6, 6.07) is 4.46. The molecule has 4 amide bonds. The standard InChI is InChI=1S/C28H36N2O5/c1-16(2)15-35-23-6-5-18(11-24(23)34-4)10-22-25(31)29-27(33)30(26(22)32)17(3)28-12-19-7-20(13-28)9-21(8-19)14-28/h5-6,10-11,16-17,19-21H,7-9,12-15H2,1-4H3,(H,29,31,33)/b22-10+/t17-,19?,20?,21?,28?/m0/s1. The molecule has 6 rings (SSSR count). The number of barbiturate groups is 1. The van der Waals surface area contributed by atoms with Crippen LogP contribution in [-0.2, 0) is 9.59 Å². The van der Waals surface area contributed by atoms with E-state index in [1.54, 1.807) is 25.3 Å². The lowest BCUT2D eigenvalue weighted by Crippen LogP contribution is -2.63. The fourth-order valence-corrected chi connectivity index (χ4v) is 7.30. The Labute approximate surface area is 207 Å². The van der Waals surface area contributed by atoms with Gasteiger partial charge in [0, 0.05) is 6.04 Å². The molecule has 1 saturated heterocycles. The van der Waals surface area contributed by atoms with Gasteiger partial charge in [-0.3, -0.25) is 19.8 Å². The number of ether oxygens (including phenoxy) is 2. The van der Waals surface area contributed by atoms with E-state index in [9.17, 15) is 14.4 Å². The number of urea groups is 1. The Hall–Kier alpha value is -2.83. The van der Waals surface area contributed by atoms with Crippen LogP contribution in [-0.4, -0.2) is 42.5 Å². The lowest BCUT2D eigenvalue weighted by atomic mass is 9.47. The van der Waals surface area contributed by atoms with Crippen LogP contribution in [0.4, 0.5) is 4.79 Å². The molecule has 7 nitrogen and oxygen atoms in total. The van der Waals surface area contributed by atoms with Crippen LogP contribution < -0.4 is 14.8 Å². The van der Waals surface area contributed by atoms with Crippen molar-refractivity contribution < 1.29 is 23.9 Å². The van der Waals surface area contributed by atoms with Crippen molar-refractivity contribution in [1.82, 2.24) is 10.2 Å². The number of rotatable bonds is 7. The molecule has 1 N–H and O–H groups in total. The molecule has 4 saturated carbocycles. The van der Waals surface area contributed by atoms with Crippen molar-refractivity contribution in [2.75, 3.05) is 13.7 Å². The van der Waals surface area contributed by atoms with Crippen LogP contribution in [0.25, 0.3) is 6.08 Å². The summed E-state index contributed by atoms with van der Waals surface area (Å²) in [5, 5.41) is 2.42. The van der Waals surface area contributed by atoms with Gasteiger partial charge in [0.05, 0.1) is 13.7 Å². The molecule has 188 valence electrons. The molecular weight excluding hydrogens is 444 g/mol. The van der Waals surface area contributed by atoms with Gasteiger partial charge in [-0.2, -0.15) is 0 Å². The van der Waals surface area contributed by atoms with Crippen LogP contribution >= 0.6 is 0 Å². The fraction of sp³-hybridized carbons (Fsp3) is 0.607. The van der Waals surface area contributed by atoms with Crippen LogP contribution in [0.1, 0.15) is 64.9 Å². The molecule has 4 aliphatic carbocycles. The first-order chi connectivity index (χ1) is 16.7. The molecule has 5 fully saturated rings. The van der Waals surface area contributed by atoms with Crippen molar-refractivity contribution >= 4 is 23.9 Å². The van der Waals surface area contributed by atoms with E-state index in [0.717, 1.165) is 19.3 Å². The predicted molar refractivity (Wildman–Crippen MR) is 132 cm³/mol. The van der Waals surface area contributed by atoms with E-state index >= 15 is 0 Å². The molecule has 35 heavy (non-hydrogen) atoms. The van der Waals surface area contributed by atoms with E-state index in [-0.39, 0.29) is 17.0 Å². The Morgan fingerprint density at radius 2 is 1.66 bits per heavy atom. The van der Waals surface area contributed by atoms with Gasteiger partial charge in [-0.1, -0.05) is 19.9 Å². The number of carbonyl (C=O) groups is 3. The topological polar surface area (TPSA) is 84.9 Å². The van der Waals surface area contributed by atoms with Crippen molar-refractivity contribution in [2.24, 2.45) is 29.1 Å². The summed E-state index contributed by atoms with van der Waals surface area (Å²) in [5.74, 6) is 2.43. The lowest BCUT2D eigenvalue weighted by Gasteiger charge is -2.60. The lowest BCUT2D eigenvalue weighted by molar-refractivity contribution is -0.139. The number of hydrogen-bond acceptors (Lipinski definition) is 5. The van der Waals surface area contributed by atoms with E-state index in [1.807, 2.05) is 6.92 Å². The summed E-state index contributed by atoms with van der Waals surface area (Å²) in [7, 11) is 1.56. The second-order valence-electron chi connectivity index (χ2n) is 11.6. The van der Waals surface area contributed by atoms with Gasteiger partial charge in [0.15, 0.2) is 11.5 Å². The molecule has 1 atom stereocenters. The van der Waals surface area contributed by atoms with Gasteiger partial charge in [0.2, 0.25) is 0 Å². The minimum absolute atomic E-state index is 0.0286. The molecule has 0 unspecified atom stereocenters. The molecule has 7 heteroatoms. The number of benzene rings is 1. The van der Waals surface area contributed by atoms with E-state index in [1.165, 1.54) is 30.2 Å². The minimum Gasteiger partial charge on any atom is -0.493 e. The van der Waals surface area contributed by atoms with Crippen molar-refractivity contribution in [2.45, 2.75) is 65.3 Å². The largest absolute Gasteiger partial charge is 0.493 e. The van der Waals surface area contributed by atoms with E-state index in [2.05, 4.69) is 19.2 Å². The highest BCUT2D eigenvalue weighted by atomic mass is 16.5. The van der Waals surface area contributed by atoms with Gasteiger partial charge < -0.3 is 9.47 Å². The third kappa shape index (κ3) is 4.34. The van der Waals surface area contributed by atoms with Crippen LogP contribution in [0, 0.1) is 29.1 Å². The van der Waals surface area contributed by atoms with Crippen LogP contribution in [0.5, 0.6) is 11.5 Å². The maximum Gasteiger partial charge on any atom is 0.331 e. The third-order valence-electron chi connectivity index (χ3n) is 8.56. The molecule has 0 aromatic heterocycles. The predicted octanol–water partition coefficient (Wildman–Crippen LogP) is 4.80. The Morgan fingerprint density at radius 1 is 1.03 bits per heavy atom. The van der Waals surface area contributed by atoms with Crippen molar-refractivity contribution in [3.05, 3.63) is 29.3 Å². The second-order valence-corrected chi connectivity index (χ2v) is 11.6. The first-order valence-electron chi connectivity index (χ1n) is 12.9. The van der Waals surface area contributed by atoms with E-state index in [4.69, 9.17) is 9.47 Å². The smallest absolute Gasteiger partial charge is 0.331 e. The summed E-state index contributed by atoms with van der Waals surface area (Å²) in [4.78, 5) is 40.6. The number of nitrogens with one attached hydrogen (secondary N) is 1. The number of amides is 4. The maximum atomic E-state index is 13.6. The molecule has 0 radical (unpaired) electrons. The summed E-state index contributed by atoms with van der Waals surface area (Å²) >= 11 is 0. The highest BCUT2D eigenvalue weighted by Gasteiger charge is 2.56. The molecule has 5 aliphatic rings. The molecular formula is C28H36N2O5. The first kappa shape index (κ1) is 23.9. The van der Waals surface area contributed by atoms with Crippen molar-refractivity contribution in [3.8, 4) is 11.5 Å². The molecule has 1 heterocycles. The van der Waals surface area contributed by atoms with Gasteiger partial charge in [-0.15, -0.1) is 0 Å². The molecule has 4 bridgehead atoms. The zero-order valence-corrected chi connectivity index (χ0v) is 21.1. The van der Waals surface area contributed by atoms with Gasteiger partial charge in [-0.25, -0.2) is 4.79 Å². The van der Waals surface area contributed by atoms with E-state index in [0.29, 0.717) is 47.3 Å². The van der Waals surface area contributed by atoms with Crippen molar-refractivity contribution in [1.29, 1.82) is 0 Å². The SMILES string of the molecule is COc1cc(/C=C2\C(=O)NC(=O)N([C@@H](C)C34CC5CC(CC(C5)C3)C4)C2=O)ccc1OCC(C)C. The summed E-state index contributed by atoms with van der Waals surface area (Å²) in [5.41, 5.74) is 0.569. The third-order valence-corrected chi connectivity index (χ3v) is 8.56. The van der Waals surface area contributed by atoms with E-state index < -0.39 is 17.8 Å². The Morgan fingerprint density at radius 3 is 2.23 bits per heavy atom. The zero-order valence-electron chi connectivity index (χ0n) is 21.1. The van der Waals surface area contributed by atoms with Gasteiger partial charge in [0.25, 0.3) is 11.8 Å². The first-order valence-corrected chi connectivity index (χ1v) is 12.9. The van der Waals surface area contributed by atoms with Crippen LogP contribution in [0.3, 0.4) is 0 Å². The number of nitrogens with zero attached hydrogens (tertiary/aromatic N) is 1. The molecule has 1 aromatic rings. The number of carbonyl (C=O) groups excluding carboxylic acids is 3. The van der Waals surface area contributed by atoms with Crippen molar-refractivity contribution in [3.63, 3.8) is 0 Å². The number of hydrogen-bond donors (Lipinski definition) is 1. The summed E-state index contributed by atoms with van der Waals surface area (Å²) in [6.45, 7) is 6.69. The highest BCUT2D eigenvalue weighted by molar-refractivity contribution is 6.31. The van der Waals surface area contributed by atoms with Crippen LogP contribution in [0.15, 0.2) is 23.8 Å². The molecule has 0 spiro atoms. The summed E-state index contributed by atoms with van der Waals surface area (Å²) < 4.78 is 11.3. The number of methoxy groups -OCH3 is 1. The average molecular weight is 481 g/mol. The summed E-state index contributed by atoms with van der Waals surface area (Å²) in [6.07, 6.45) is 8.60. The Bertz CT molecular complexity index is 1040. The average Bonchev–Trinajstić information content (AvgIpc) is 2.79. The number of imide groups is 2. The minimum atomic E-state index is -0.659. The second kappa shape index (κ2) is 8.99. The van der Waals surface area contributed by atoms with Crippen LogP contribution in [0.2, 0.25) is 0 Å². The van der Waals surface area contributed by atoms with Gasteiger partial charge in [-0.05, 0) is 98.3 Å². The molecule has 1 aromatic carbocycles. The maximum absolute atomic E-state index is 13.6. The van der Waals surface area contributed by atoms with Gasteiger partial charge >= 0.3 is 6.03 Å².